The van der Waals surface area contributed by atoms with Gasteiger partial charge in [0.2, 0.25) is 0 Å². The summed E-state index contributed by atoms with van der Waals surface area (Å²) in [7, 11) is 0. The van der Waals surface area contributed by atoms with Gasteiger partial charge in [0.1, 0.15) is 10.7 Å². The molecule has 1 fully saturated rings. The van der Waals surface area contributed by atoms with Gasteiger partial charge < -0.3 is 10.1 Å². The molecule has 3 heterocycles. The molecule has 1 N–H and O–H groups in total. The van der Waals surface area contributed by atoms with Crippen molar-refractivity contribution in [2.24, 2.45) is 0 Å². The fourth-order valence-corrected chi connectivity index (χ4v) is 4.81. The molecule has 7 heteroatoms. The standard InChI is InChI=1S/C21H23N3O2S2/c1-15-11-24(6-7-26-15)12-17-4-2-3-16(9-17)10-22-20(25)19-14-28-21(23-19)18-5-8-27-13-18/h2-5,8-9,13-15H,6-7,10-12H2,1H3,(H,22,25). The van der Waals surface area contributed by atoms with E-state index >= 15 is 0 Å². The van der Waals surface area contributed by atoms with E-state index in [1.807, 2.05) is 28.3 Å². The van der Waals surface area contributed by atoms with Crippen LogP contribution in [-0.4, -0.2) is 41.6 Å². The summed E-state index contributed by atoms with van der Waals surface area (Å²) in [6.07, 6.45) is 0.285. The van der Waals surface area contributed by atoms with Crippen molar-refractivity contribution in [3.05, 3.63) is 63.3 Å². The summed E-state index contributed by atoms with van der Waals surface area (Å²) in [4.78, 5) is 19.3. The number of ether oxygens (including phenoxy) is 1. The maximum absolute atomic E-state index is 12.5. The lowest BCUT2D eigenvalue weighted by molar-refractivity contribution is -0.0212. The Bertz CT molecular complexity index is 923. The molecular formula is C21H23N3O2S2. The molecule has 28 heavy (non-hydrogen) atoms. The van der Waals surface area contributed by atoms with Crippen molar-refractivity contribution in [3.8, 4) is 10.6 Å². The highest BCUT2D eigenvalue weighted by molar-refractivity contribution is 7.14. The van der Waals surface area contributed by atoms with E-state index in [4.69, 9.17) is 4.74 Å². The molecule has 3 aromatic rings. The molecule has 1 atom stereocenters. The van der Waals surface area contributed by atoms with Crippen molar-refractivity contribution < 1.29 is 9.53 Å². The van der Waals surface area contributed by atoms with Gasteiger partial charge in [-0.05, 0) is 29.5 Å². The zero-order chi connectivity index (χ0) is 19.3. The van der Waals surface area contributed by atoms with Crippen LogP contribution in [0.3, 0.4) is 0 Å². The van der Waals surface area contributed by atoms with Gasteiger partial charge in [0.05, 0.1) is 12.7 Å². The normalized spacial score (nSPS) is 17.5. The van der Waals surface area contributed by atoms with Crippen LogP contribution in [0.5, 0.6) is 0 Å². The van der Waals surface area contributed by atoms with E-state index in [2.05, 4.69) is 40.3 Å². The number of nitrogens with one attached hydrogen (secondary N) is 1. The van der Waals surface area contributed by atoms with Gasteiger partial charge in [-0.2, -0.15) is 11.3 Å². The molecule has 1 amide bonds. The SMILES string of the molecule is CC1CN(Cc2cccc(CNC(=O)c3csc(-c4ccsc4)n3)c2)CCO1. The van der Waals surface area contributed by atoms with Gasteiger partial charge in [0.15, 0.2) is 0 Å². The number of hydrogen-bond acceptors (Lipinski definition) is 6. The van der Waals surface area contributed by atoms with E-state index in [0.717, 1.165) is 42.4 Å². The number of aromatic nitrogens is 1. The molecule has 1 unspecified atom stereocenters. The Balaban J connectivity index is 1.34. The first-order valence-corrected chi connectivity index (χ1v) is 11.2. The zero-order valence-electron chi connectivity index (χ0n) is 15.8. The number of amides is 1. The maximum atomic E-state index is 12.5. The summed E-state index contributed by atoms with van der Waals surface area (Å²) < 4.78 is 5.61. The van der Waals surface area contributed by atoms with Crippen molar-refractivity contribution in [1.29, 1.82) is 0 Å². The molecule has 0 radical (unpaired) electrons. The number of rotatable bonds is 6. The minimum Gasteiger partial charge on any atom is -0.376 e. The Morgan fingerprint density at radius 1 is 1.32 bits per heavy atom. The van der Waals surface area contributed by atoms with Gasteiger partial charge in [0, 0.05) is 42.5 Å². The lowest BCUT2D eigenvalue weighted by Gasteiger charge is -2.31. The first-order valence-electron chi connectivity index (χ1n) is 9.35. The zero-order valence-corrected chi connectivity index (χ0v) is 17.4. The summed E-state index contributed by atoms with van der Waals surface area (Å²) in [6.45, 7) is 6.22. The average molecular weight is 414 g/mol. The van der Waals surface area contributed by atoms with E-state index in [1.54, 1.807) is 11.3 Å². The molecule has 0 spiro atoms. The molecule has 0 saturated carbocycles. The molecule has 1 aliphatic heterocycles. The van der Waals surface area contributed by atoms with Gasteiger partial charge in [-0.25, -0.2) is 4.98 Å². The van der Waals surface area contributed by atoms with E-state index in [9.17, 15) is 4.79 Å². The van der Waals surface area contributed by atoms with Gasteiger partial charge in [-0.15, -0.1) is 11.3 Å². The number of carbonyl (C=O) groups excluding carboxylic acids is 1. The number of nitrogens with zero attached hydrogens (tertiary/aromatic N) is 2. The Kier molecular flexibility index (Phi) is 6.17. The summed E-state index contributed by atoms with van der Waals surface area (Å²) in [5.74, 6) is -0.134. The lowest BCUT2D eigenvalue weighted by atomic mass is 10.1. The van der Waals surface area contributed by atoms with Crippen LogP contribution in [0.25, 0.3) is 10.6 Å². The minimum absolute atomic E-state index is 0.134. The smallest absolute Gasteiger partial charge is 0.271 e. The van der Waals surface area contributed by atoms with Crippen LogP contribution in [-0.2, 0) is 17.8 Å². The summed E-state index contributed by atoms with van der Waals surface area (Å²) >= 11 is 3.13. The predicted molar refractivity (Wildman–Crippen MR) is 114 cm³/mol. The van der Waals surface area contributed by atoms with Crippen molar-refractivity contribution >= 4 is 28.6 Å². The third-order valence-electron chi connectivity index (χ3n) is 4.68. The second-order valence-electron chi connectivity index (χ2n) is 6.97. The van der Waals surface area contributed by atoms with Crippen LogP contribution in [0.1, 0.15) is 28.5 Å². The Morgan fingerprint density at radius 2 is 2.21 bits per heavy atom. The fourth-order valence-electron chi connectivity index (χ4n) is 3.30. The number of morpholine rings is 1. The lowest BCUT2D eigenvalue weighted by Crippen LogP contribution is -2.40. The second-order valence-corrected chi connectivity index (χ2v) is 8.61. The number of thiazole rings is 1. The van der Waals surface area contributed by atoms with Gasteiger partial charge in [-0.1, -0.05) is 24.3 Å². The van der Waals surface area contributed by atoms with Crippen molar-refractivity contribution in [2.75, 3.05) is 19.7 Å². The van der Waals surface area contributed by atoms with Crippen LogP contribution in [0, 0.1) is 0 Å². The summed E-state index contributed by atoms with van der Waals surface area (Å²) in [6, 6.07) is 10.4. The van der Waals surface area contributed by atoms with E-state index < -0.39 is 0 Å². The van der Waals surface area contributed by atoms with E-state index in [0.29, 0.717) is 12.2 Å². The van der Waals surface area contributed by atoms with E-state index in [1.165, 1.54) is 16.9 Å². The Labute approximate surface area is 173 Å². The molecule has 1 aliphatic rings. The number of thiophene rings is 1. The number of carbonyl (C=O) groups is 1. The fraction of sp³-hybridized carbons (Fsp3) is 0.333. The molecule has 1 aromatic carbocycles. The van der Waals surface area contributed by atoms with Gasteiger partial charge in [0.25, 0.3) is 5.91 Å². The predicted octanol–water partition coefficient (Wildman–Crippen LogP) is 4.02. The van der Waals surface area contributed by atoms with Crippen LogP contribution in [0.15, 0.2) is 46.5 Å². The van der Waals surface area contributed by atoms with Crippen LogP contribution in [0.4, 0.5) is 0 Å². The van der Waals surface area contributed by atoms with Crippen molar-refractivity contribution in [1.82, 2.24) is 15.2 Å². The highest BCUT2D eigenvalue weighted by atomic mass is 32.1. The summed E-state index contributed by atoms with van der Waals surface area (Å²) in [5.41, 5.74) is 3.90. The highest BCUT2D eigenvalue weighted by Gasteiger charge is 2.17. The Hall–Kier alpha value is -2.06. The topological polar surface area (TPSA) is 54.5 Å². The number of hydrogen-bond donors (Lipinski definition) is 1. The summed E-state index contributed by atoms with van der Waals surface area (Å²) in [5, 5.41) is 9.74. The van der Waals surface area contributed by atoms with Crippen molar-refractivity contribution in [2.45, 2.75) is 26.1 Å². The monoisotopic (exact) mass is 413 g/mol. The van der Waals surface area contributed by atoms with Crippen LogP contribution in [0.2, 0.25) is 0 Å². The average Bonchev–Trinajstić information content (AvgIpc) is 3.38. The molecule has 146 valence electrons. The van der Waals surface area contributed by atoms with Gasteiger partial charge >= 0.3 is 0 Å². The second kappa shape index (κ2) is 8.96. The molecule has 0 bridgehead atoms. The molecule has 2 aromatic heterocycles. The minimum atomic E-state index is -0.134. The first-order chi connectivity index (χ1) is 13.7. The first kappa shape index (κ1) is 19.3. The van der Waals surface area contributed by atoms with Crippen molar-refractivity contribution in [3.63, 3.8) is 0 Å². The van der Waals surface area contributed by atoms with E-state index in [-0.39, 0.29) is 12.0 Å². The van der Waals surface area contributed by atoms with Crippen LogP contribution < -0.4 is 5.32 Å². The third kappa shape index (κ3) is 4.86. The Morgan fingerprint density at radius 3 is 3.04 bits per heavy atom. The van der Waals surface area contributed by atoms with Crippen LogP contribution >= 0.6 is 22.7 Å². The largest absolute Gasteiger partial charge is 0.376 e. The molecule has 4 rings (SSSR count). The molecule has 0 aliphatic carbocycles. The quantitative estimate of drug-likeness (QED) is 0.663. The molecule has 1 saturated heterocycles. The van der Waals surface area contributed by atoms with Gasteiger partial charge in [-0.3, -0.25) is 9.69 Å². The molecule has 5 nitrogen and oxygen atoms in total. The number of benzene rings is 1. The maximum Gasteiger partial charge on any atom is 0.271 e. The molecular weight excluding hydrogens is 390 g/mol. The highest BCUT2D eigenvalue weighted by Crippen LogP contribution is 2.25. The third-order valence-corrected chi connectivity index (χ3v) is 6.26.